The van der Waals surface area contributed by atoms with E-state index in [0.29, 0.717) is 11.5 Å². The van der Waals surface area contributed by atoms with Crippen molar-refractivity contribution in [2.75, 3.05) is 0 Å². The Kier molecular flexibility index (Phi) is 1.56. The lowest BCUT2D eigenvalue weighted by atomic mass is 10.2. The summed E-state index contributed by atoms with van der Waals surface area (Å²) in [4.78, 5) is 10.3. The van der Waals surface area contributed by atoms with Crippen LogP contribution in [0.5, 0.6) is 0 Å². The molecule has 0 aromatic heterocycles. The molecule has 1 rings (SSSR count). The molecule has 0 saturated heterocycles. The molecule has 2 heteroatoms. The van der Waals surface area contributed by atoms with Crippen LogP contribution in [0.2, 0.25) is 0 Å². The zero-order valence-electron chi connectivity index (χ0n) is 5.42. The van der Waals surface area contributed by atoms with Crippen LogP contribution in [0.4, 0.5) is 0 Å². The maximum absolute atomic E-state index is 10.3. The summed E-state index contributed by atoms with van der Waals surface area (Å²) < 4.78 is 0. The molecule has 0 spiro atoms. The summed E-state index contributed by atoms with van der Waals surface area (Å²) in [5.74, 6) is -0.382. The number of carboxylic acids is 1. The van der Waals surface area contributed by atoms with Crippen molar-refractivity contribution in [2.24, 2.45) is 5.92 Å². The maximum Gasteiger partial charge on any atom is 0.331 e. The third-order valence-electron chi connectivity index (χ3n) is 1.58. The normalized spacial score (nSPS) is 19.9. The number of hydrogen-bond donors (Lipinski definition) is 1. The second-order valence-electron chi connectivity index (χ2n) is 2.32. The zero-order chi connectivity index (χ0) is 6.85. The van der Waals surface area contributed by atoms with E-state index < -0.39 is 5.97 Å². The fourth-order valence-electron chi connectivity index (χ4n) is 0.928. The zero-order valence-corrected chi connectivity index (χ0v) is 5.42. The summed E-state index contributed by atoms with van der Waals surface area (Å²) in [6.45, 7) is 1.78. The maximum atomic E-state index is 10.3. The van der Waals surface area contributed by atoms with E-state index in [9.17, 15) is 4.79 Å². The summed E-state index contributed by atoms with van der Waals surface area (Å²) in [5, 5.41) is 8.52. The fourth-order valence-corrected chi connectivity index (χ4v) is 0.928. The molecule has 0 aliphatic heterocycles. The highest BCUT2D eigenvalue weighted by Gasteiger charge is 2.29. The van der Waals surface area contributed by atoms with Gasteiger partial charge in [-0.15, -0.1) is 0 Å². The molecule has 0 radical (unpaired) electrons. The molecule has 0 aromatic carbocycles. The summed E-state index contributed by atoms with van der Waals surface area (Å²) >= 11 is 0. The van der Waals surface area contributed by atoms with Gasteiger partial charge in [0.25, 0.3) is 0 Å². The smallest absolute Gasteiger partial charge is 0.331 e. The monoisotopic (exact) mass is 126 g/mol. The fraction of sp³-hybridized carbons (Fsp3) is 0.571. The lowest BCUT2D eigenvalue weighted by Gasteiger charge is -1.93. The first-order chi connectivity index (χ1) is 4.25. The largest absolute Gasteiger partial charge is 0.478 e. The van der Waals surface area contributed by atoms with E-state index in [4.69, 9.17) is 5.11 Å². The molecule has 1 aliphatic carbocycles. The summed E-state index contributed by atoms with van der Waals surface area (Å²) in [6.07, 6.45) is 3.82. The lowest BCUT2D eigenvalue weighted by Crippen LogP contribution is -2.01. The van der Waals surface area contributed by atoms with E-state index in [-0.39, 0.29) is 0 Å². The molecule has 0 amide bonds. The molecule has 1 fully saturated rings. The second kappa shape index (κ2) is 2.21. The molecule has 0 unspecified atom stereocenters. The van der Waals surface area contributed by atoms with E-state index in [1.807, 2.05) is 0 Å². The molecular weight excluding hydrogens is 116 g/mol. The van der Waals surface area contributed by atoms with Gasteiger partial charge in [-0.05, 0) is 25.7 Å². The van der Waals surface area contributed by atoms with E-state index in [0.717, 1.165) is 12.8 Å². The molecule has 1 aliphatic rings. The number of carbonyl (C=O) groups is 1. The van der Waals surface area contributed by atoms with Crippen LogP contribution in [0.25, 0.3) is 0 Å². The van der Waals surface area contributed by atoms with Gasteiger partial charge >= 0.3 is 5.97 Å². The van der Waals surface area contributed by atoms with Crippen molar-refractivity contribution >= 4 is 5.97 Å². The first-order valence-electron chi connectivity index (χ1n) is 3.15. The van der Waals surface area contributed by atoms with Gasteiger partial charge in [0.05, 0.1) is 0 Å². The molecule has 0 bridgehead atoms. The van der Waals surface area contributed by atoms with Crippen LogP contribution in [-0.4, -0.2) is 11.1 Å². The highest BCUT2D eigenvalue weighted by Crippen LogP contribution is 2.36. The Hall–Kier alpha value is -0.790. The van der Waals surface area contributed by atoms with Crippen molar-refractivity contribution in [1.82, 2.24) is 0 Å². The summed E-state index contributed by atoms with van der Waals surface area (Å²) in [5.41, 5.74) is 0.593. The first kappa shape index (κ1) is 6.33. The molecule has 1 N–H and O–H groups in total. The third-order valence-corrected chi connectivity index (χ3v) is 1.58. The van der Waals surface area contributed by atoms with Gasteiger partial charge in [0.1, 0.15) is 0 Å². The van der Waals surface area contributed by atoms with Gasteiger partial charge in [0.15, 0.2) is 0 Å². The highest BCUT2D eigenvalue weighted by molar-refractivity contribution is 5.87. The van der Waals surface area contributed by atoms with Crippen LogP contribution < -0.4 is 0 Å². The van der Waals surface area contributed by atoms with Crippen LogP contribution in [0, 0.1) is 5.92 Å². The number of hydrogen-bond acceptors (Lipinski definition) is 1. The predicted octanol–water partition coefficient (Wildman–Crippen LogP) is 1.43. The van der Waals surface area contributed by atoms with Gasteiger partial charge in [-0.3, -0.25) is 0 Å². The van der Waals surface area contributed by atoms with Crippen molar-refractivity contribution in [3.05, 3.63) is 11.6 Å². The van der Waals surface area contributed by atoms with Crippen LogP contribution in [0.3, 0.4) is 0 Å². The van der Waals surface area contributed by atoms with Gasteiger partial charge in [0, 0.05) is 5.57 Å². The molecule has 2 nitrogen and oxygen atoms in total. The average Bonchev–Trinajstić information content (AvgIpc) is 2.50. The minimum Gasteiger partial charge on any atom is -0.478 e. The molecule has 9 heavy (non-hydrogen) atoms. The van der Waals surface area contributed by atoms with Crippen molar-refractivity contribution in [2.45, 2.75) is 19.8 Å². The molecule has 0 heterocycles. The van der Waals surface area contributed by atoms with Crippen molar-refractivity contribution in [1.29, 1.82) is 0 Å². The van der Waals surface area contributed by atoms with Gasteiger partial charge in [-0.25, -0.2) is 4.79 Å². The number of allylic oxidation sites excluding steroid dienone is 1. The number of rotatable bonds is 2. The Morgan fingerprint density at radius 3 is 2.33 bits per heavy atom. The molecule has 50 valence electrons. The molecular formula is C7H10O2. The van der Waals surface area contributed by atoms with E-state index >= 15 is 0 Å². The van der Waals surface area contributed by atoms with E-state index in [2.05, 4.69) is 0 Å². The first-order valence-corrected chi connectivity index (χ1v) is 3.15. The van der Waals surface area contributed by atoms with Gasteiger partial charge < -0.3 is 5.11 Å². The van der Waals surface area contributed by atoms with Gasteiger partial charge in [-0.1, -0.05) is 6.08 Å². The van der Waals surface area contributed by atoms with E-state index in [1.54, 1.807) is 13.0 Å². The molecule has 0 atom stereocenters. The predicted molar refractivity (Wildman–Crippen MR) is 34.1 cm³/mol. The summed E-state index contributed by atoms with van der Waals surface area (Å²) in [6, 6.07) is 0. The summed E-state index contributed by atoms with van der Waals surface area (Å²) in [7, 11) is 0. The van der Waals surface area contributed by atoms with Gasteiger partial charge in [0.2, 0.25) is 0 Å². The SMILES string of the molecule is CC=C(C(=O)O)C1CC1. The molecule has 1 saturated carbocycles. The number of carboxylic acid groups (broad SMARTS) is 1. The van der Waals surface area contributed by atoms with E-state index in [1.165, 1.54) is 0 Å². The lowest BCUT2D eigenvalue weighted by molar-refractivity contribution is -0.132. The minimum absolute atomic E-state index is 0.368. The Morgan fingerprint density at radius 2 is 2.22 bits per heavy atom. The third kappa shape index (κ3) is 1.31. The number of aliphatic carboxylic acids is 1. The van der Waals surface area contributed by atoms with Crippen LogP contribution in [0.1, 0.15) is 19.8 Å². The Balaban J connectivity index is 2.59. The highest BCUT2D eigenvalue weighted by atomic mass is 16.4. The van der Waals surface area contributed by atoms with Crippen LogP contribution in [0.15, 0.2) is 11.6 Å². The topological polar surface area (TPSA) is 37.3 Å². The second-order valence-corrected chi connectivity index (χ2v) is 2.32. The quantitative estimate of drug-likeness (QED) is 0.568. The Bertz CT molecular complexity index is 154. The molecule has 0 aromatic rings. The Labute approximate surface area is 54.2 Å². The van der Waals surface area contributed by atoms with Crippen molar-refractivity contribution in [3.63, 3.8) is 0 Å². The van der Waals surface area contributed by atoms with Crippen LogP contribution in [-0.2, 0) is 4.79 Å². The average molecular weight is 126 g/mol. The van der Waals surface area contributed by atoms with Crippen LogP contribution >= 0.6 is 0 Å². The Morgan fingerprint density at radius 1 is 1.67 bits per heavy atom. The minimum atomic E-state index is -0.750. The van der Waals surface area contributed by atoms with Crippen molar-refractivity contribution < 1.29 is 9.90 Å². The standard InChI is InChI=1S/C7H10O2/c1-2-6(7(8)9)5-3-4-5/h2,5H,3-4H2,1H3,(H,8,9). The van der Waals surface area contributed by atoms with Gasteiger partial charge in [-0.2, -0.15) is 0 Å². The van der Waals surface area contributed by atoms with Crippen molar-refractivity contribution in [3.8, 4) is 0 Å².